The van der Waals surface area contributed by atoms with Crippen LogP contribution in [0.25, 0.3) is 22.4 Å². The number of primary amides is 1. The van der Waals surface area contributed by atoms with Crippen molar-refractivity contribution in [3.05, 3.63) is 53.6 Å². The van der Waals surface area contributed by atoms with Gasteiger partial charge in [-0.2, -0.15) is 0 Å². The highest BCUT2D eigenvalue weighted by Crippen LogP contribution is 2.23. The number of carbonyl (C=O) groups excluding carboxylic acids is 1. The highest BCUT2D eigenvalue weighted by atomic mass is 16.4. The van der Waals surface area contributed by atoms with Crippen molar-refractivity contribution in [1.82, 2.24) is 9.97 Å². The van der Waals surface area contributed by atoms with Crippen LogP contribution in [0.4, 0.5) is 0 Å². The van der Waals surface area contributed by atoms with E-state index >= 15 is 0 Å². The number of hydrogen-bond acceptors (Lipinski definition) is 4. The van der Waals surface area contributed by atoms with E-state index < -0.39 is 5.91 Å². The molecule has 6 N–H and O–H groups in total. The maximum absolute atomic E-state index is 11.4. The second kappa shape index (κ2) is 5.21. The number of hydrogen-bond donors (Lipinski definition) is 4. The fraction of sp³-hybridized carbons (Fsp3) is 0. The van der Waals surface area contributed by atoms with Crippen LogP contribution < -0.4 is 11.5 Å². The predicted molar refractivity (Wildman–Crippen MR) is 82.6 cm³/mol. The number of imidazole rings is 1. The molecule has 0 aliphatic carbocycles. The molecule has 2 aromatic carbocycles. The van der Waals surface area contributed by atoms with Crippen LogP contribution in [-0.2, 0) is 0 Å². The molecular weight excluding hydrogens is 282 g/mol. The Hall–Kier alpha value is -3.35. The van der Waals surface area contributed by atoms with Crippen LogP contribution in [-0.4, -0.2) is 26.9 Å². The van der Waals surface area contributed by atoms with E-state index in [1.54, 1.807) is 36.4 Å². The van der Waals surface area contributed by atoms with E-state index in [1.165, 1.54) is 0 Å². The molecule has 3 aromatic rings. The Morgan fingerprint density at radius 3 is 2.50 bits per heavy atom. The third-order valence-corrected chi connectivity index (χ3v) is 3.34. The van der Waals surface area contributed by atoms with Gasteiger partial charge in [0, 0.05) is 11.1 Å². The van der Waals surface area contributed by atoms with Crippen LogP contribution in [0.5, 0.6) is 0 Å². The van der Waals surface area contributed by atoms with Gasteiger partial charge in [0.25, 0.3) is 5.91 Å². The van der Waals surface area contributed by atoms with E-state index in [0.29, 0.717) is 22.5 Å². The number of oxime groups is 1. The molecule has 7 heteroatoms. The Morgan fingerprint density at radius 1 is 1.14 bits per heavy atom. The van der Waals surface area contributed by atoms with Gasteiger partial charge in [0.1, 0.15) is 11.3 Å². The van der Waals surface area contributed by atoms with E-state index in [2.05, 4.69) is 15.1 Å². The van der Waals surface area contributed by atoms with Crippen molar-refractivity contribution in [2.45, 2.75) is 0 Å². The lowest BCUT2D eigenvalue weighted by Crippen LogP contribution is -2.12. The van der Waals surface area contributed by atoms with Crippen molar-refractivity contribution in [1.29, 1.82) is 0 Å². The van der Waals surface area contributed by atoms with E-state index in [9.17, 15) is 4.79 Å². The molecule has 0 atom stereocenters. The molecule has 0 aliphatic heterocycles. The summed E-state index contributed by atoms with van der Waals surface area (Å²) < 4.78 is 0. The predicted octanol–water partition coefficient (Wildman–Crippen LogP) is 1.42. The zero-order valence-corrected chi connectivity index (χ0v) is 11.4. The molecule has 0 spiro atoms. The van der Waals surface area contributed by atoms with Gasteiger partial charge in [-0.15, -0.1) is 0 Å². The SMILES string of the molecule is NC(=O)c1cccc2[nH]c(-c3ccc(/C(N)=N\O)cc3)nc12. The molecule has 110 valence electrons. The van der Waals surface area contributed by atoms with Crippen LogP contribution in [0.2, 0.25) is 0 Å². The van der Waals surface area contributed by atoms with Crippen LogP contribution in [0.15, 0.2) is 47.6 Å². The summed E-state index contributed by atoms with van der Waals surface area (Å²) in [7, 11) is 0. The van der Waals surface area contributed by atoms with Gasteiger partial charge in [0.15, 0.2) is 5.84 Å². The van der Waals surface area contributed by atoms with Crippen LogP contribution >= 0.6 is 0 Å². The number of aromatic amines is 1. The molecule has 0 radical (unpaired) electrons. The Balaban J connectivity index is 2.07. The maximum atomic E-state index is 11.4. The fourth-order valence-electron chi connectivity index (χ4n) is 2.22. The van der Waals surface area contributed by atoms with Crippen molar-refractivity contribution >= 4 is 22.8 Å². The number of para-hydroxylation sites is 1. The summed E-state index contributed by atoms with van der Waals surface area (Å²) >= 11 is 0. The van der Waals surface area contributed by atoms with Crippen molar-refractivity contribution in [3.8, 4) is 11.4 Å². The zero-order valence-electron chi connectivity index (χ0n) is 11.4. The number of benzene rings is 2. The Bertz CT molecular complexity index is 881. The molecular formula is C15H13N5O2. The summed E-state index contributed by atoms with van der Waals surface area (Å²) in [5.41, 5.74) is 13.9. The summed E-state index contributed by atoms with van der Waals surface area (Å²) in [5, 5.41) is 11.6. The number of aromatic nitrogens is 2. The summed E-state index contributed by atoms with van der Waals surface area (Å²) in [6.07, 6.45) is 0. The van der Waals surface area contributed by atoms with Crippen LogP contribution in [0, 0.1) is 0 Å². The average molecular weight is 295 g/mol. The molecule has 1 heterocycles. The first-order chi connectivity index (χ1) is 10.6. The van der Waals surface area contributed by atoms with Crippen molar-refractivity contribution in [2.75, 3.05) is 0 Å². The van der Waals surface area contributed by atoms with Crippen molar-refractivity contribution < 1.29 is 10.0 Å². The number of amidine groups is 1. The number of carbonyl (C=O) groups is 1. The lowest BCUT2D eigenvalue weighted by atomic mass is 10.1. The number of nitrogens with one attached hydrogen (secondary N) is 1. The van der Waals surface area contributed by atoms with E-state index in [4.69, 9.17) is 16.7 Å². The molecule has 0 saturated heterocycles. The van der Waals surface area contributed by atoms with E-state index in [-0.39, 0.29) is 5.84 Å². The third-order valence-electron chi connectivity index (χ3n) is 3.34. The highest BCUT2D eigenvalue weighted by molar-refractivity contribution is 6.04. The van der Waals surface area contributed by atoms with E-state index in [1.807, 2.05) is 6.07 Å². The maximum Gasteiger partial charge on any atom is 0.250 e. The minimum atomic E-state index is -0.522. The smallest absolute Gasteiger partial charge is 0.250 e. The molecule has 1 aromatic heterocycles. The fourth-order valence-corrected chi connectivity index (χ4v) is 2.22. The molecule has 1 amide bonds. The van der Waals surface area contributed by atoms with Crippen LogP contribution in [0.3, 0.4) is 0 Å². The summed E-state index contributed by atoms with van der Waals surface area (Å²) in [5.74, 6) is 0.118. The zero-order chi connectivity index (χ0) is 15.7. The summed E-state index contributed by atoms with van der Waals surface area (Å²) in [6, 6.07) is 12.2. The number of rotatable bonds is 3. The lowest BCUT2D eigenvalue weighted by Gasteiger charge is -2.00. The average Bonchev–Trinajstić information content (AvgIpc) is 2.98. The summed E-state index contributed by atoms with van der Waals surface area (Å²) in [6.45, 7) is 0. The first kappa shape index (κ1) is 13.6. The largest absolute Gasteiger partial charge is 0.409 e. The van der Waals surface area contributed by atoms with Crippen molar-refractivity contribution in [2.24, 2.45) is 16.6 Å². The first-order valence-corrected chi connectivity index (χ1v) is 6.47. The third kappa shape index (κ3) is 2.24. The number of amides is 1. The Kier molecular flexibility index (Phi) is 3.23. The number of nitrogens with zero attached hydrogens (tertiary/aromatic N) is 2. The second-order valence-corrected chi connectivity index (χ2v) is 4.71. The van der Waals surface area contributed by atoms with Crippen LogP contribution in [0.1, 0.15) is 15.9 Å². The van der Waals surface area contributed by atoms with Gasteiger partial charge >= 0.3 is 0 Å². The topological polar surface area (TPSA) is 130 Å². The second-order valence-electron chi connectivity index (χ2n) is 4.71. The van der Waals surface area contributed by atoms with Gasteiger partial charge in [-0.05, 0) is 12.1 Å². The molecule has 0 saturated carbocycles. The first-order valence-electron chi connectivity index (χ1n) is 6.47. The Morgan fingerprint density at radius 2 is 1.86 bits per heavy atom. The molecule has 0 unspecified atom stereocenters. The quantitative estimate of drug-likeness (QED) is 0.252. The minimum Gasteiger partial charge on any atom is -0.409 e. The minimum absolute atomic E-state index is 0.0344. The lowest BCUT2D eigenvalue weighted by molar-refractivity contribution is 0.100. The van der Waals surface area contributed by atoms with Gasteiger partial charge < -0.3 is 21.7 Å². The highest BCUT2D eigenvalue weighted by Gasteiger charge is 2.12. The van der Waals surface area contributed by atoms with Gasteiger partial charge in [-0.3, -0.25) is 4.79 Å². The Labute approximate surface area is 125 Å². The van der Waals surface area contributed by atoms with Gasteiger partial charge in [0.2, 0.25) is 0 Å². The summed E-state index contributed by atoms with van der Waals surface area (Å²) in [4.78, 5) is 19.0. The number of nitrogens with two attached hydrogens (primary N) is 2. The molecule has 22 heavy (non-hydrogen) atoms. The van der Waals surface area contributed by atoms with E-state index in [0.717, 1.165) is 11.1 Å². The normalized spacial score (nSPS) is 11.7. The van der Waals surface area contributed by atoms with Crippen molar-refractivity contribution in [3.63, 3.8) is 0 Å². The molecule has 0 fully saturated rings. The molecule has 0 bridgehead atoms. The molecule has 3 rings (SSSR count). The molecule has 7 nitrogen and oxygen atoms in total. The standard InChI is InChI=1S/C15H13N5O2/c16-13(20-22)8-4-6-9(7-5-8)15-18-11-3-1-2-10(14(17)21)12(11)19-15/h1-7,22H,(H2,16,20)(H2,17,21)(H,18,19). The number of H-pyrrole nitrogens is 1. The molecule has 0 aliphatic rings. The van der Waals surface area contributed by atoms with Gasteiger partial charge in [-0.1, -0.05) is 35.5 Å². The monoisotopic (exact) mass is 295 g/mol. The van der Waals surface area contributed by atoms with Gasteiger partial charge in [-0.25, -0.2) is 4.98 Å². The number of fused-ring (bicyclic) bond motifs is 1. The van der Waals surface area contributed by atoms with Gasteiger partial charge in [0.05, 0.1) is 11.1 Å².